The quantitative estimate of drug-likeness (QED) is 0.904. The maximum absolute atomic E-state index is 12.4. The number of urea groups is 1. The summed E-state index contributed by atoms with van der Waals surface area (Å²) in [5.74, 6) is 2.37. The zero-order valence-corrected chi connectivity index (χ0v) is 14.3. The first-order valence-electron chi connectivity index (χ1n) is 8.26. The van der Waals surface area contributed by atoms with E-state index in [0.717, 1.165) is 48.7 Å². The van der Waals surface area contributed by atoms with Crippen LogP contribution in [0.15, 0.2) is 18.2 Å². The highest BCUT2D eigenvalue weighted by Crippen LogP contribution is 2.25. The summed E-state index contributed by atoms with van der Waals surface area (Å²) in [6.07, 6.45) is 2.64. The van der Waals surface area contributed by atoms with Crippen molar-refractivity contribution in [2.24, 2.45) is 0 Å². The Labute approximate surface area is 141 Å². The molecule has 0 unspecified atom stereocenters. The van der Waals surface area contributed by atoms with Crippen LogP contribution in [0, 0.1) is 6.92 Å². The Morgan fingerprint density at radius 1 is 1.46 bits per heavy atom. The van der Waals surface area contributed by atoms with Crippen molar-refractivity contribution in [2.75, 3.05) is 12.4 Å². The lowest BCUT2D eigenvalue weighted by Gasteiger charge is -2.23. The number of hydrogen-bond donors (Lipinski definition) is 2. The average molecular weight is 329 g/mol. The van der Waals surface area contributed by atoms with E-state index < -0.39 is 0 Å². The SMILES string of the molecule is CCc1nc2n(n1)CCC[C@@H]2NC(=O)Nc1cc(OC)ccc1C. The Bertz CT molecular complexity index is 741. The molecule has 7 nitrogen and oxygen atoms in total. The molecule has 1 aliphatic rings. The lowest BCUT2D eigenvalue weighted by Crippen LogP contribution is -2.36. The van der Waals surface area contributed by atoms with Gasteiger partial charge in [-0.1, -0.05) is 13.0 Å². The highest BCUT2D eigenvalue weighted by Gasteiger charge is 2.25. The van der Waals surface area contributed by atoms with Gasteiger partial charge in [0.25, 0.3) is 0 Å². The summed E-state index contributed by atoms with van der Waals surface area (Å²) >= 11 is 0. The van der Waals surface area contributed by atoms with Crippen LogP contribution in [-0.2, 0) is 13.0 Å². The van der Waals surface area contributed by atoms with Gasteiger partial charge < -0.3 is 15.4 Å². The number of carbonyl (C=O) groups is 1. The lowest BCUT2D eigenvalue weighted by atomic mass is 10.1. The number of amides is 2. The topological polar surface area (TPSA) is 81.1 Å². The van der Waals surface area contributed by atoms with Gasteiger partial charge in [-0.05, 0) is 31.4 Å². The molecule has 1 aliphatic heterocycles. The number of aromatic nitrogens is 3. The Morgan fingerprint density at radius 3 is 3.04 bits per heavy atom. The number of rotatable bonds is 4. The normalized spacial score (nSPS) is 16.4. The third kappa shape index (κ3) is 3.34. The number of nitrogens with zero attached hydrogens (tertiary/aromatic N) is 3. The van der Waals surface area contributed by atoms with Crippen LogP contribution in [0.5, 0.6) is 5.75 Å². The predicted molar refractivity (Wildman–Crippen MR) is 91.3 cm³/mol. The minimum absolute atomic E-state index is 0.113. The number of ether oxygens (including phenoxy) is 1. The van der Waals surface area contributed by atoms with Gasteiger partial charge in [-0.2, -0.15) is 5.10 Å². The maximum atomic E-state index is 12.4. The summed E-state index contributed by atoms with van der Waals surface area (Å²) in [6, 6.07) is 5.24. The molecule has 2 heterocycles. The zero-order valence-electron chi connectivity index (χ0n) is 14.3. The molecule has 3 rings (SSSR count). The fraction of sp³-hybridized carbons (Fsp3) is 0.471. The largest absolute Gasteiger partial charge is 0.497 e. The number of anilines is 1. The first kappa shape index (κ1) is 16.3. The van der Waals surface area contributed by atoms with Crippen LogP contribution in [0.4, 0.5) is 10.5 Å². The molecule has 2 N–H and O–H groups in total. The van der Waals surface area contributed by atoms with Gasteiger partial charge in [0.2, 0.25) is 0 Å². The van der Waals surface area contributed by atoms with Gasteiger partial charge in [0, 0.05) is 24.7 Å². The van der Waals surface area contributed by atoms with Crippen molar-refractivity contribution in [3.63, 3.8) is 0 Å². The Hall–Kier alpha value is -2.57. The number of nitrogens with one attached hydrogen (secondary N) is 2. The summed E-state index contributed by atoms with van der Waals surface area (Å²) in [5.41, 5.74) is 1.71. The molecule has 0 aliphatic carbocycles. The molecule has 0 spiro atoms. The Kier molecular flexibility index (Phi) is 4.69. The van der Waals surface area contributed by atoms with E-state index in [-0.39, 0.29) is 12.1 Å². The van der Waals surface area contributed by atoms with Gasteiger partial charge in [0.05, 0.1) is 13.2 Å². The summed E-state index contributed by atoms with van der Waals surface area (Å²) in [6.45, 7) is 4.83. The van der Waals surface area contributed by atoms with E-state index >= 15 is 0 Å². The predicted octanol–water partition coefficient (Wildman–Crippen LogP) is 2.81. The minimum Gasteiger partial charge on any atom is -0.497 e. The van der Waals surface area contributed by atoms with E-state index in [4.69, 9.17) is 4.74 Å². The molecule has 2 amide bonds. The van der Waals surface area contributed by atoms with E-state index in [1.165, 1.54) is 0 Å². The van der Waals surface area contributed by atoms with Crippen molar-refractivity contribution in [3.8, 4) is 5.75 Å². The van der Waals surface area contributed by atoms with Crippen LogP contribution in [0.2, 0.25) is 0 Å². The van der Waals surface area contributed by atoms with Gasteiger partial charge in [-0.15, -0.1) is 0 Å². The number of carbonyl (C=O) groups excluding carboxylic acids is 1. The molecule has 1 aromatic heterocycles. The van der Waals surface area contributed by atoms with Crippen LogP contribution < -0.4 is 15.4 Å². The number of hydrogen-bond acceptors (Lipinski definition) is 4. The van der Waals surface area contributed by atoms with Crippen LogP contribution in [0.3, 0.4) is 0 Å². The van der Waals surface area contributed by atoms with Crippen molar-refractivity contribution in [1.82, 2.24) is 20.1 Å². The molecule has 128 valence electrons. The molecule has 0 saturated carbocycles. The van der Waals surface area contributed by atoms with Crippen LogP contribution >= 0.6 is 0 Å². The zero-order chi connectivity index (χ0) is 17.1. The summed E-state index contributed by atoms with van der Waals surface area (Å²) < 4.78 is 7.12. The smallest absolute Gasteiger partial charge is 0.319 e. The van der Waals surface area contributed by atoms with E-state index in [1.54, 1.807) is 7.11 Å². The highest BCUT2D eigenvalue weighted by atomic mass is 16.5. The third-order valence-electron chi connectivity index (χ3n) is 4.23. The molecule has 1 aromatic carbocycles. The standard InChI is InChI=1S/C17H23N5O2/c1-4-15-20-16-13(6-5-9-22(16)21-15)18-17(23)19-14-10-12(24-3)8-7-11(14)2/h7-8,10,13H,4-6,9H2,1-3H3,(H2,18,19,23)/t13-/m0/s1. The highest BCUT2D eigenvalue weighted by molar-refractivity contribution is 5.90. The molecule has 7 heteroatoms. The Morgan fingerprint density at radius 2 is 2.29 bits per heavy atom. The number of methoxy groups -OCH3 is 1. The van der Waals surface area contributed by atoms with Gasteiger partial charge in [-0.3, -0.25) is 0 Å². The maximum Gasteiger partial charge on any atom is 0.319 e. The summed E-state index contributed by atoms with van der Waals surface area (Å²) in [7, 11) is 1.61. The first-order chi connectivity index (χ1) is 11.6. The van der Waals surface area contributed by atoms with Crippen LogP contribution in [-0.4, -0.2) is 27.9 Å². The van der Waals surface area contributed by atoms with Crippen LogP contribution in [0.1, 0.15) is 43.0 Å². The third-order valence-corrected chi connectivity index (χ3v) is 4.23. The number of benzene rings is 1. The van der Waals surface area contributed by atoms with Gasteiger partial charge in [-0.25, -0.2) is 14.5 Å². The molecular weight excluding hydrogens is 306 g/mol. The fourth-order valence-electron chi connectivity index (χ4n) is 2.87. The van der Waals surface area contributed by atoms with Gasteiger partial charge in [0.15, 0.2) is 5.82 Å². The second-order valence-corrected chi connectivity index (χ2v) is 5.94. The van der Waals surface area contributed by atoms with Gasteiger partial charge in [0.1, 0.15) is 11.6 Å². The van der Waals surface area contributed by atoms with E-state index in [2.05, 4.69) is 20.7 Å². The van der Waals surface area contributed by atoms with Crippen molar-refractivity contribution >= 4 is 11.7 Å². The molecule has 0 bridgehead atoms. The van der Waals surface area contributed by atoms with Crippen molar-refractivity contribution in [3.05, 3.63) is 35.4 Å². The molecular formula is C17H23N5O2. The van der Waals surface area contributed by atoms with E-state index in [9.17, 15) is 4.79 Å². The second kappa shape index (κ2) is 6.90. The van der Waals surface area contributed by atoms with E-state index in [1.807, 2.05) is 36.7 Å². The molecule has 0 radical (unpaired) electrons. The average Bonchev–Trinajstić information content (AvgIpc) is 3.01. The lowest BCUT2D eigenvalue weighted by molar-refractivity contribution is 0.244. The summed E-state index contributed by atoms with van der Waals surface area (Å²) in [4.78, 5) is 16.9. The fourth-order valence-corrected chi connectivity index (χ4v) is 2.87. The number of fused-ring (bicyclic) bond motifs is 1. The monoisotopic (exact) mass is 329 g/mol. The molecule has 0 fully saturated rings. The van der Waals surface area contributed by atoms with E-state index in [0.29, 0.717) is 5.75 Å². The molecule has 24 heavy (non-hydrogen) atoms. The molecule has 2 aromatic rings. The van der Waals surface area contributed by atoms with Crippen molar-refractivity contribution in [1.29, 1.82) is 0 Å². The first-order valence-corrected chi connectivity index (χ1v) is 8.26. The Balaban J connectivity index is 1.71. The second-order valence-electron chi connectivity index (χ2n) is 5.94. The van der Waals surface area contributed by atoms with Gasteiger partial charge >= 0.3 is 6.03 Å². The van der Waals surface area contributed by atoms with Crippen LogP contribution in [0.25, 0.3) is 0 Å². The van der Waals surface area contributed by atoms with Crippen molar-refractivity contribution < 1.29 is 9.53 Å². The molecule has 1 atom stereocenters. The number of aryl methyl sites for hydroxylation is 3. The minimum atomic E-state index is -0.245. The summed E-state index contributed by atoms with van der Waals surface area (Å²) in [5, 5.41) is 10.4. The van der Waals surface area contributed by atoms with Crippen molar-refractivity contribution in [2.45, 2.75) is 45.7 Å². The molecule has 0 saturated heterocycles.